The lowest BCUT2D eigenvalue weighted by molar-refractivity contribution is -0.145. The molecule has 0 amide bonds. The smallest absolute Gasteiger partial charge is 0.320 e. The molecule has 3 heteroatoms. The lowest BCUT2D eigenvalue weighted by Gasteiger charge is -2.27. The van der Waals surface area contributed by atoms with Gasteiger partial charge in [0.25, 0.3) is 0 Å². The van der Waals surface area contributed by atoms with Crippen molar-refractivity contribution in [3.05, 3.63) is 65.7 Å². The summed E-state index contributed by atoms with van der Waals surface area (Å²) >= 11 is 0. The Morgan fingerprint density at radius 1 is 1.00 bits per heavy atom. The monoisotopic (exact) mass is 255 g/mol. The van der Waals surface area contributed by atoms with Gasteiger partial charge in [0.1, 0.15) is 5.41 Å². The number of nitrogens with two attached hydrogens (primary N) is 1. The van der Waals surface area contributed by atoms with Crippen molar-refractivity contribution in [2.75, 3.05) is 12.8 Å². The van der Waals surface area contributed by atoms with E-state index in [0.717, 1.165) is 11.1 Å². The number of nitrogen functional groups attached to an aromatic ring is 1. The molecule has 0 aliphatic carbocycles. The maximum Gasteiger partial charge on any atom is 0.320 e. The van der Waals surface area contributed by atoms with Crippen molar-refractivity contribution in [2.24, 2.45) is 0 Å². The minimum atomic E-state index is -0.830. The summed E-state index contributed by atoms with van der Waals surface area (Å²) in [5.74, 6) is -0.288. The van der Waals surface area contributed by atoms with E-state index in [1.54, 1.807) is 12.1 Å². The summed E-state index contributed by atoms with van der Waals surface area (Å²) in [7, 11) is 1.40. The van der Waals surface area contributed by atoms with Crippen LogP contribution < -0.4 is 5.73 Å². The number of carbonyl (C=O) groups is 1. The SMILES string of the molecule is COC(=O)[C@](C)(c1ccccc1)c1ccc(N)cc1. The molecule has 0 heterocycles. The van der Waals surface area contributed by atoms with Crippen LogP contribution in [0, 0.1) is 0 Å². The highest BCUT2D eigenvalue weighted by atomic mass is 16.5. The van der Waals surface area contributed by atoms with Crippen molar-refractivity contribution in [3.8, 4) is 0 Å². The standard InChI is InChI=1S/C16H17NO2/c1-16(15(18)19-2,12-6-4-3-5-7-12)13-8-10-14(17)11-9-13/h3-11H,17H2,1-2H3/t16-/m1/s1. The van der Waals surface area contributed by atoms with E-state index in [4.69, 9.17) is 10.5 Å². The maximum absolute atomic E-state index is 12.3. The van der Waals surface area contributed by atoms with E-state index < -0.39 is 5.41 Å². The molecular formula is C16H17NO2. The molecule has 0 fully saturated rings. The van der Waals surface area contributed by atoms with E-state index in [-0.39, 0.29) is 5.97 Å². The second-order valence-electron chi connectivity index (χ2n) is 4.60. The molecule has 0 saturated heterocycles. The number of anilines is 1. The van der Waals surface area contributed by atoms with Crippen LogP contribution in [0.15, 0.2) is 54.6 Å². The van der Waals surface area contributed by atoms with Crippen molar-refractivity contribution in [3.63, 3.8) is 0 Å². The molecule has 0 radical (unpaired) electrons. The van der Waals surface area contributed by atoms with E-state index in [9.17, 15) is 4.79 Å². The van der Waals surface area contributed by atoms with Crippen LogP contribution in [0.4, 0.5) is 5.69 Å². The van der Waals surface area contributed by atoms with Crippen LogP contribution in [0.3, 0.4) is 0 Å². The third-order valence-corrected chi connectivity index (χ3v) is 3.43. The van der Waals surface area contributed by atoms with Crippen molar-refractivity contribution in [1.29, 1.82) is 0 Å². The first kappa shape index (κ1) is 13.1. The van der Waals surface area contributed by atoms with Crippen molar-refractivity contribution in [1.82, 2.24) is 0 Å². The molecule has 2 aromatic rings. The summed E-state index contributed by atoms with van der Waals surface area (Å²) < 4.78 is 4.98. The quantitative estimate of drug-likeness (QED) is 0.677. The van der Waals surface area contributed by atoms with Crippen LogP contribution in [0.5, 0.6) is 0 Å². The highest BCUT2D eigenvalue weighted by molar-refractivity contribution is 5.87. The van der Waals surface area contributed by atoms with E-state index in [1.165, 1.54) is 7.11 Å². The zero-order valence-electron chi connectivity index (χ0n) is 11.1. The fourth-order valence-corrected chi connectivity index (χ4v) is 2.19. The minimum Gasteiger partial charge on any atom is -0.468 e. The molecule has 0 spiro atoms. The lowest BCUT2D eigenvalue weighted by Crippen LogP contribution is -2.35. The molecule has 0 saturated carbocycles. The second kappa shape index (κ2) is 5.14. The maximum atomic E-state index is 12.3. The van der Waals surface area contributed by atoms with Gasteiger partial charge in [-0.25, -0.2) is 0 Å². The number of methoxy groups -OCH3 is 1. The van der Waals surface area contributed by atoms with Gasteiger partial charge in [0.15, 0.2) is 0 Å². The minimum absolute atomic E-state index is 0.288. The molecule has 2 N–H and O–H groups in total. The van der Waals surface area contributed by atoms with Crippen LogP contribution in [-0.4, -0.2) is 13.1 Å². The molecule has 98 valence electrons. The third kappa shape index (κ3) is 2.32. The average Bonchev–Trinajstić information content (AvgIpc) is 2.47. The lowest BCUT2D eigenvalue weighted by atomic mass is 9.76. The first-order chi connectivity index (χ1) is 9.09. The van der Waals surface area contributed by atoms with Gasteiger partial charge in [-0.3, -0.25) is 4.79 Å². The highest BCUT2D eigenvalue weighted by Gasteiger charge is 2.38. The number of ether oxygens (including phenoxy) is 1. The zero-order valence-corrected chi connectivity index (χ0v) is 11.1. The highest BCUT2D eigenvalue weighted by Crippen LogP contribution is 2.33. The van der Waals surface area contributed by atoms with Gasteiger partial charge in [-0.15, -0.1) is 0 Å². The normalized spacial score (nSPS) is 13.6. The van der Waals surface area contributed by atoms with Gasteiger partial charge < -0.3 is 10.5 Å². The van der Waals surface area contributed by atoms with Crippen LogP contribution in [0.2, 0.25) is 0 Å². The topological polar surface area (TPSA) is 52.3 Å². The Bertz CT molecular complexity index is 563. The fourth-order valence-electron chi connectivity index (χ4n) is 2.19. The molecule has 0 aromatic heterocycles. The van der Waals surface area contributed by atoms with Gasteiger partial charge in [0.05, 0.1) is 7.11 Å². The summed E-state index contributed by atoms with van der Waals surface area (Å²) in [4.78, 5) is 12.3. The molecule has 2 aromatic carbocycles. The number of hydrogen-bond acceptors (Lipinski definition) is 3. The van der Waals surface area contributed by atoms with Gasteiger partial charge in [-0.05, 0) is 30.2 Å². The predicted octanol–water partition coefficient (Wildman–Crippen LogP) is 2.75. The third-order valence-electron chi connectivity index (χ3n) is 3.43. The summed E-state index contributed by atoms with van der Waals surface area (Å²) in [5.41, 5.74) is 7.30. The first-order valence-corrected chi connectivity index (χ1v) is 6.09. The van der Waals surface area contributed by atoms with Crippen molar-refractivity contribution in [2.45, 2.75) is 12.3 Å². The van der Waals surface area contributed by atoms with Crippen LogP contribution in [-0.2, 0) is 14.9 Å². The van der Waals surface area contributed by atoms with Crippen molar-refractivity contribution >= 4 is 11.7 Å². The van der Waals surface area contributed by atoms with Crippen LogP contribution in [0.1, 0.15) is 18.1 Å². The van der Waals surface area contributed by atoms with Crippen LogP contribution >= 0.6 is 0 Å². The van der Waals surface area contributed by atoms with Crippen molar-refractivity contribution < 1.29 is 9.53 Å². The van der Waals surface area contributed by atoms with E-state index >= 15 is 0 Å². The second-order valence-corrected chi connectivity index (χ2v) is 4.60. The molecule has 19 heavy (non-hydrogen) atoms. The Morgan fingerprint density at radius 2 is 1.53 bits per heavy atom. The molecular weight excluding hydrogens is 238 g/mol. The van der Waals surface area contributed by atoms with Gasteiger partial charge >= 0.3 is 5.97 Å². The van der Waals surface area contributed by atoms with Gasteiger partial charge in [0.2, 0.25) is 0 Å². The number of rotatable bonds is 3. The number of hydrogen-bond donors (Lipinski definition) is 1. The zero-order chi connectivity index (χ0) is 13.9. The fraction of sp³-hybridized carbons (Fsp3) is 0.188. The number of esters is 1. The average molecular weight is 255 g/mol. The molecule has 0 aliphatic heterocycles. The number of carbonyl (C=O) groups excluding carboxylic acids is 1. The molecule has 1 atom stereocenters. The number of benzene rings is 2. The molecule has 3 nitrogen and oxygen atoms in total. The summed E-state index contributed by atoms with van der Waals surface area (Å²) in [6, 6.07) is 16.9. The predicted molar refractivity (Wildman–Crippen MR) is 75.8 cm³/mol. The van der Waals surface area contributed by atoms with E-state index in [2.05, 4.69) is 0 Å². The summed E-state index contributed by atoms with van der Waals surface area (Å²) in [5, 5.41) is 0. The van der Waals surface area contributed by atoms with Gasteiger partial charge in [-0.1, -0.05) is 42.5 Å². The Labute approximate surface area is 113 Å². The Hall–Kier alpha value is -2.29. The van der Waals surface area contributed by atoms with Crippen LogP contribution in [0.25, 0.3) is 0 Å². The summed E-state index contributed by atoms with van der Waals surface area (Å²) in [6.45, 7) is 1.86. The Balaban J connectivity index is 2.58. The molecule has 0 unspecified atom stereocenters. The summed E-state index contributed by atoms with van der Waals surface area (Å²) in [6.07, 6.45) is 0. The molecule has 0 aliphatic rings. The Morgan fingerprint density at radius 3 is 2.05 bits per heavy atom. The van der Waals surface area contributed by atoms with Gasteiger partial charge in [0, 0.05) is 5.69 Å². The molecule has 2 rings (SSSR count). The Kier molecular flexibility index (Phi) is 3.56. The van der Waals surface area contributed by atoms with Gasteiger partial charge in [-0.2, -0.15) is 0 Å². The molecule has 0 bridgehead atoms. The van der Waals surface area contributed by atoms with E-state index in [1.807, 2.05) is 49.4 Å². The van der Waals surface area contributed by atoms with E-state index in [0.29, 0.717) is 5.69 Å². The first-order valence-electron chi connectivity index (χ1n) is 6.09. The largest absolute Gasteiger partial charge is 0.468 e.